The molecule has 0 aliphatic heterocycles. The summed E-state index contributed by atoms with van der Waals surface area (Å²) in [5.74, 6) is -0.625. The Morgan fingerprint density at radius 1 is 1.56 bits per heavy atom. The third kappa shape index (κ3) is 4.56. The maximum Gasteiger partial charge on any atom is 0.253 e. The molecule has 52 valence electrons. The molecule has 9 heavy (non-hydrogen) atoms. The summed E-state index contributed by atoms with van der Waals surface area (Å²) in [7, 11) is 0. The lowest BCUT2D eigenvalue weighted by molar-refractivity contribution is -0.119. The van der Waals surface area contributed by atoms with Gasteiger partial charge in [-0.15, -0.1) is 5.10 Å². The molecule has 0 radical (unpaired) electrons. The smallest absolute Gasteiger partial charge is 0.253 e. The number of nitrogens with one attached hydrogen (secondary N) is 1. The van der Waals surface area contributed by atoms with Crippen LogP contribution in [0.5, 0.6) is 0 Å². The lowest BCUT2D eigenvalue weighted by Gasteiger charge is -1.93. The van der Waals surface area contributed by atoms with Crippen LogP contribution >= 0.6 is 0 Å². The van der Waals surface area contributed by atoms with Crippen molar-refractivity contribution < 1.29 is 4.79 Å². The van der Waals surface area contributed by atoms with Crippen molar-refractivity contribution in [2.24, 2.45) is 22.3 Å². The largest absolute Gasteiger partial charge is 0.369 e. The second-order valence-corrected chi connectivity index (χ2v) is 1.28. The molecule has 0 saturated heterocycles. The third-order valence-electron chi connectivity index (χ3n) is 0.495. The number of rotatable bonds is 2. The van der Waals surface area contributed by atoms with E-state index in [-0.39, 0.29) is 12.5 Å². The Kier molecular flexibility index (Phi) is 3.14. The number of nitrogens with zero attached hydrogens (tertiary/aromatic N) is 1. The van der Waals surface area contributed by atoms with E-state index in [9.17, 15) is 4.79 Å². The minimum atomic E-state index is -0.427. The summed E-state index contributed by atoms with van der Waals surface area (Å²) in [4.78, 5) is 10.3. The molecule has 0 aliphatic rings. The van der Waals surface area contributed by atoms with Gasteiger partial charge in [0.25, 0.3) is 5.91 Å². The van der Waals surface area contributed by atoms with Gasteiger partial charge in [-0.25, -0.2) is 5.43 Å². The SMILES string of the molecule is NCC(=O)NN=C(N)N. The van der Waals surface area contributed by atoms with Gasteiger partial charge in [-0.3, -0.25) is 4.79 Å². The molecule has 7 N–H and O–H groups in total. The number of guanidine groups is 1. The number of amides is 1. The van der Waals surface area contributed by atoms with Crippen molar-refractivity contribution in [3.8, 4) is 0 Å². The van der Waals surface area contributed by atoms with Crippen LogP contribution in [0.2, 0.25) is 0 Å². The molecule has 0 aromatic heterocycles. The molecule has 0 rings (SSSR count). The van der Waals surface area contributed by atoms with Gasteiger partial charge in [0.2, 0.25) is 5.96 Å². The van der Waals surface area contributed by atoms with E-state index >= 15 is 0 Å². The predicted molar refractivity (Wildman–Crippen MR) is 33.0 cm³/mol. The summed E-state index contributed by atoms with van der Waals surface area (Å²) >= 11 is 0. The first-order chi connectivity index (χ1) is 4.16. The van der Waals surface area contributed by atoms with Crippen molar-refractivity contribution in [2.75, 3.05) is 6.54 Å². The monoisotopic (exact) mass is 131 g/mol. The van der Waals surface area contributed by atoms with Crippen molar-refractivity contribution in [1.82, 2.24) is 5.43 Å². The molecule has 6 heteroatoms. The van der Waals surface area contributed by atoms with Gasteiger partial charge in [-0.2, -0.15) is 0 Å². The van der Waals surface area contributed by atoms with E-state index in [0.717, 1.165) is 0 Å². The normalized spacial score (nSPS) is 8.11. The predicted octanol–water partition coefficient (Wildman–Crippen LogP) is -2.75. The zero-order valence-corrected chi connectivity index (χ0v) is 4.79. The minimum Gasteiger partial charge on any atom is -0.369 e. The van der Waals surface area contributed by atoms with Crippen molar-refractivity contribution in [2.45, 2.75) is 0 Å². The first-order valence-corrected chi connectivity index (χ1v) is 2.24. The van der Waals surface area contributed by atoms with E-state index in [2.05, 4.69) is 5.10 Å². The maximum absolute atomic E-state index is 10.3. The molecule has 0 aliphatic carbocycles. The van der Waals surface area contributed by atoms with E-state index in [1.165, 1.54) is 0 Å². The van der Waals surface area contributed by atoms with Crippen LogP contribution in [0, 0.1) is 0 Å². The third-order valence-corrected chi connectivity index (χ3v) is 0.495. The van der Waals surface area contributed by atoms with Crippen LogP contribution in [-0.4, -0.2) is 18.4 Å². The molecule has 0 aromatic carbocycles. The van der Waals surface area contributed by atoms with Crippen LogP contribution in [0.1, 0.15) is 0 Å². The van der Waals surface area contributed by atoms with Gasteiger partial charge >= 0.3 is 0 Å². The lowest BCUT2D eigenvalue weighted by atomic mass is 10.6. The zero-order chi connectivity index (χ0) is 7.28. The molecule has 0 bridgehead atoms. The number of hydrogen-bond acceptors (Lipinski definition) is 3. The van der Waals surface area contributed by atoms with Crippen molar-refractivity contribution in [1.29, 1.82) is 0 Å². The van der Waals surface area contributed by atoms with Crippen LogP contribution in [0.15, 0.2) is 5.10 Å². The Morgan fingerprint density at radius 2 is 2.11 bits per heavy atom. The molecule has 6 nitrogen and oxygen atoms in total. The highest BCUT2D eigenvalue weighted by Gasteiger charge is 1.91. The summed E-state index contributed by atoms with van der Waals surface area (Å²) in [5, 5.41) is 3.19. The minimum absolute atomic E-state index is 0.128. The summed E-state index contributed by atoms with van der Waals surface area (Å²) in [6.07, 6.45) is 0. The van der Waals surface area contributed by atoms with Gasteiger partial charge in [0, 0.05) is 0 Å². The van der Waals surface area contributed by atoms with Crippen molar-refractivity contribution in [3.63, 3.8) is 0 Å². The molecular weight excluding hydrogens is 122 g/mol. The Labute approximate surface area is 52.1 Å². The lowest BCUT2D eigenvalue weighted by Crippen LogP contribution is -2.32. The average molecular weight is 131 g/mol. The van der Waals surface area contributed by atoms with Gasteiger partial charge in [0.05, 0.1) is 6.54 Å². The average Bonchev–Trinajstić information content (AvgIpc) is 1.83. The van der Waals surface area contributed by atoms with Gasteiger partial charge < -0.3 is 17.2 Å². The van der Waals surface area contributed by atoms with E-state index in [4.69, 9.17) is 17.2 Å². The second kappa shape index (κ2) is 3.67. The number of carbonyl (C=O) groups is 1. The van der Waals surface area contributed by atoms with Crippen LogP contribution in [0.3, 0.4) is 0 Å². The highest BCUT2D eigenvalue weighted by molar-refractivity contribution is 5.81. The number of hydrazone groups is 1. The molecule has 0 unspecified atom stereocenters. The standard InChI is InChI=1S/C3H9N5O/c4-1-2(9)7-8-3(5)6/h1,4H2,(H,7,9)(H4,5,6,8). The number of carbonyl (C=O) groups excluding carboxylic acids is 1. The quantitative estimate of drug-likeness (QED) is 0.184. The zero-order valence-electron chi connectivity index (χ0n) is 4.79. The molecule has 0 fully saturated rings. The molecule has 0 heterocycles. The Bertz CT molecular complexity index is 126. The molecular formula is C3H9N5O. The Hall–Kier alpha value is -1.30. The fourth-order valence-corrected chi connectivity index (χ4v) is 0.173. The summed E-state index contributed by atoms with van der Waals surface area (Å²) < 4.78 is 0. The second-order valence-electron chi connectivity index (χ2n) is 1.28. The molecule has 0 saturated carbocycles. The first-order valence-electron chi connectivity index (χ1n) is 2.24. The number of nitrogens with two attached hydrogens (primary N) is 3. The fourth-order valence-electron chi connectivity index (χ4n) is 0.173. The van der Waals surface area contributed by atoms with E-state index in [1.807, 2.05) is 5.43 Å². The van der Waals surface area contributed by atoms with E-state index in [1.54, 1.807) is 0 Å². The van der Waals surface area contributed by atoms with Crippen LogP contribution in [0.4, 0.5) is 0 Å². The van der Waals surface area contributed by atoms with Crippen LogP contribution < -0.4 is 22.6 Å². The maximum atomic E-state index is 10.3. The summed E-state index contributed by atoms with van der Waals surface area (Å²) in [6.45, 7) is -0.128. The van der Waals surface area contributed by atoms with Crippen LogP contribution in [-0.2, 0) is 4.79 Å². The summed E-state index contributed by atoms with van der Waals surface area (Å²) in [6, 6.07) is 0. The molecule has 1 amide bonds. The van der Waals surface area contributed by atoms with Crippen LogP contribution in [0.25, 0.3) is 0 Å². The summed E-state index contributed by atoms with van der Waals surface area (Å²) in [5.41, 5.74) is 16.6. The highest BCUT2D eigenvalue weighted by atomic mass is 16.2. The van der Waals surface area contributed by atoms with Gasteiger partial charge in [-0.05, 0) is 0 Å². The van der Waals surface area contributed by atoms with Gasteiger partial charge in [0.15, 0.2) is 0 Å². The van der Waals surface area contributed by atoms with Crippen molar-refractivity contribution in [3.05, 3.63) is 0 Å². The molecule has 0 atom stereocenters. The first kappa shape index (κ1) is 7.70. The van der Waals surface area contributed by atoms with Gasteiger partial charge in [0.1, 0.15) is 0 Å². The van der Waals surface area contributed by atoms with E-state index in [0.29, 0.717) is 0 Å². The molecule has 0 spiro atoms. The Morgan fingerprint density at radius 3 is 2.44 bits per heavy atom. The number of hydrogen-bond donors (Lipinski definition) is 4. The topological polar surface area (TPSA) is 120 Å². The molecule has 0 aromatic rings. The Balaban J connectivity index is 3.50. The van der Waals surface area contributed by atoms with Gasteiger partial charge in [-0.1, -0.05) is 0 Å². The van der Waals surface area contributed by atoms with E-state index < -0.39 is 5.91 Å². The van der Waals surface area contributed by atoms with Crippen molar-refractivity contribution >= 4 is 11.9 Å². The highest BCUT2D eigenvalue weighted by Crippen LogP contribution is 1.57. The fraction of sp³-hybridized carbons (Fsp3) is 0.333.